The lowest BCUT2D eigenvalue weighted by Crippen LogP contribution is -2.48. The van der Waals surface area contributed by atoms with E-state index in [1.807, 2.05) is 12.1 Å². The molecule has 40 heavy (non-hydrogen) atoms. The van der Waals surface area contributed by atoms with Gasteiger partial charge in [0.2, 0.25) is 0 Å². The highest BCUT2D eigenvalue weighted by atomic mass is 79.9. The van der Waals surface area contributed by atoms with Gasteiger partial charge >= 0.3 is 17.8 Å². The fraction of sp³-hybridized carbons (Fsp3) is 0.379. The van der Waals surface area contributed by atoms with E-state index in [1.54, 1.807) is 11.3 Å². The molecule has 0 aliphatic heterocycles. The molecule has 4 aromatic heterocycles. The Morgan fingerprint density at radius 1 is 0.650 bits per heavy atom. The lowest BCUT2D eigenvalue weighted by Gasteiger charge is -2.25. The first-order valence-electron chi connectivity index (χ1n) is 12.7. The van der Waals surface area contributed by atoms with Crippen LogP contribution in [0.5, 0.6) is 0 Å². The maximum atomic E-state index is 15.3. The molecule has 1 aliphatic rings. The van der Waals surface area contributed by atoms with Crippen molar-refractivity contribution in [2.75, 3.05) is 0 Å². The highest BCUT2D eigenvalue weighted by molar-refractivity contribution is 9.11. The van der Waals surface area contributed by atoms with E-state index in [0.29, 0.717) is 8.66 Å². The first kappa shape index (κ1) is 30.1. The van der Waals surface area contributed by atoms with Gasteiger partial charge in [-0.05, 0) is 90.1 Å². The normalized spacial score (nSPS) is 17.8. The minimum atomic E-state index is -5.57. The van der Waals surface area contributed by atoms with Crippen LogP contribution in [0, 0.1) is 13.8 Å². The summed E-state index contributed by atoms with van der Waals surface area (Å²) in [6.07, 6.45) is 5.77. The van der Waals surface area contributed by atoms with Gasteiger partial charge in [0.1, 0.15) is 0 Å². The monoisotopic (exact) mass is 694 g/mol. The van der Waals surface area contributed by atoms with Gasteiger partial charge < -0.3 is 0 Å². The third kappa shape index (κ3) is 4.97. The van der Waals surface area contributed by atoms with Gasteiger partial charge in [0.15, 0.2) is 0 Å². The average Bonchev–Trinajstić information content (AvgIpc) is 3.67. The zero-order chi connectivity index (χ0) is 29.0. The van der Waals surface area contributed by atoms with Crippen LogP contribution < -0.4 is 0 Å². The summed E-state index contributed by atoms with van der Waals surface area (Å²) in [7, 11) is 0. The van der Waals surface area contributed by atoms with Crippen LogP contribution in [0.2, 0.25) is 0 Å². The van der Waals surface area contributed by atoms with Crippen LogP contribution in [0.25, 0.3) is 30.7 Å². The number of rotatable bonds is 9. The molecule has 0 bridgehead atoms. The van der Waals surface area contributed by atoms with Crippen LogP contribution >= 0.6 is 61.3 Å². The first-order chi connectivity index (χ1) is 18.8. The fourth-order valence-corrected chi connectivity index (χ4v) is 9.90. The van der Waals surface area contributed by atoms with E-state index in [2.05, 4.69) is 35.0 Å². The van der Waals surface area contributed by atoms with Crippen LogP contribution in [-0.4, -0.2) is 17.8 Å². The Morgan fingerprint density at radius 3 is 1.80 bits per heavy atom. The van der Waals surface area contributed by atoms with Crippen LogP contribution in [0.1, 0.15) is 58.4 Å². The minimum absolute atomic E-state index is 0.254. The second-order valence-electron chi connectivity index (χ2n) is 9.81. The smallest absolute Gasteiger partial charge is 0.194 e. The van der Waals surface area contributed by atoms with Crippen molar-refractivity contribution in [1.29, 1.82) is 0 Å². The lowest BCUT2D eigenvalue weighted by molar-refractivity contribution is -0.254. The summed E-state index contributed by atoms with van der Waals surface area (Å²) >= 11 is 8.53. The third-order valence-electron chi connectivity index (χ3n) is 7.04. The van der Waals surface area contributed by atoms with E-state index < -0.39 is 28.9 Å². The van der Waals surface area contributed by atoms with E-state index >= 15 is 17.6 Å². The molecule has 0 radical (unpaired) electrons. The molecule has 0 spiro atoms. The van der Waals surface area contributed by atoms with Crippen LogP contribution in [0.4, 0.5) is 26.3 Å². The molecule has 0 amide bonds. The van der Waals surface area contributed by atoms with Gasteiger partial charge in [-0.3, -0.25) is 0 Å². The SMILES string of the molecule is CCCCCCc1ccc(-c2ccc(-c3cc(C4=C(c5cc(Br)sc5C)C(F)(F)C(F)(F)C4(F)F)c(C)s3)s2)s1. The maximum absolute atomic E-state index is 15.3. The highest BCUT2D eigenvalue weighted by Crippen LogP contribution is 2.66. The van der Waals surface area contributed by atoms with Gasteiger partial charge in [0, 0.05) is 45.3 Å². The standard InChI is InChI=1S/C29H25BrF6S4/c1-4-5-6-7-8-17-9-10-20(39-17)21-11-12-22(40-21)23-13-18(15(2)37-23)25-26(19-14-24(30)38-16(19)3)28(33,34)29(35,36)27(25,31)32/h9-14H,4-8H2,1-3H3. The fourth-order valence-electron chi connectivity index (χ4n) is 4.95. The van der Waals surface area contributed by atoms with E-state index in [4.69, 9.17) is 0 Å². The Bertz CT molecular complexity index is 1570. The summed E-state index contributed by atoms with van der Waals surface area (Å²) in [5, 5.41) is 0. The van der Waals surface area contributed by atoms with Crippen molar-refractivity contribution in [3.8, 4) is 19.5 Å². The van der Waals surface area contributed by atoms with Crippen molar-refractivity contribution in [3.63, 3.8) is 0 Å². The number of hydrogen-bond acceptors (Lipinski definition) is 4. The number of allylic oxidation sites excluding steroid dienone is 2. The Hall–Kier alpha value is -1.40. The average molecular weight is 696 g/mol. The summed E-state index contributed by atoms with van der Waals surface area (Å²) < 4.78 is 90.8. The van der Waals surface area contributed by atoms with Crippen molar-refractivity contribution in [2.24, 2.45) is 0 Å². The molecule has 0 aromatic carbocycles. The first-order valence-corrected chi connectivity index (χ1v) is 16.8. The second kappa shape index (κ2) is 11.0. The molecule has 5 rings (SSSR count). The zero-order valence-corrected chi connectivity index (χ0v) is 26.6. The lowest BCUT2D eigenvalue weighted by atomic mass is 9.95. The van der Waals surface area contributed by atoms with Gasteiger partial charge in [-0.1, -0.05) is 26.2 Å². The molecule has 4 aromatic rings. The van der Waals surface area contributed by atoms with E-state index in [0.717, 1.165) is 50.1 Å². The van der Waals surface area contributed by atoms with E-state index in [1.165, 1.54) is 61.5 Å². The summed E-state index contributed by atoms with van der Waals surface area (Å²) in [6.45, 7) is 5.15. The molecule has 0 nitrogen and oxygen atoms in total. The molecule has 11 heteroatoms. The summed E-state index contributed by atoms with van der Waals surface area (Å²) in [4.78, 5) is 5.28. The highest BCUT2D eigenvalue weighted by Gasteiger charge is 2.80. The maximum Gasteiger partial charge on any atom is 0.380 e. The van der Waals surface area contributed by atoms with Gasteiger partial charge in [-0.15, -0.1) is 45.3 Å². The quantitative estimate of drug-likeness (QED) is 0.121. The van der Waals surface area contributed by atoms with Crippen molar-refractivity contribution in [1.82, 2.24) is 0 Å². The Morgan fingerprint density at radius 2 is 1.20 bits per heavy atom. The Balaban J connectivity index is 1.53. The summed E-state index contributed by atoms with van der Waals surface area (Å²) in [5.41, 5.74) is -3.15. The summed E-state index contributed by atoms with van der Waals surface area (Å²) in [6, 6.07) is 10.6. The topological polar surface area (TPSA) is 0 Å². The largest absolute Gasteiger partial charge is 0.380 e. The summed E-state index contributed by atoms with van der Waals surface area (Å²) in [5.74, 6) is -15.7. The number of aryl methyl sites for hydroxylation is 3. The van der Waals surface area contributed by atoms with Crippen molar-refractivity contribution < 1.29 is 26.3 Å². The molecule has 0 fully saturated rings. The van der Waals surface area contributed by atoms with Crippen LogP contribution in [0.15, 0.2) is 40.2 Å². The van der Waals surface area contributed by atoms with Gasteiger partial charge in [-0.2, -0.15) is 26.3 Å². The predicted molar refractivity (Wildman–Crippen MR) is 162 cm³/mol. The van der Waals surface area contributed by atoms with Crippen LogP contribution in [-0.2, 0) is 6.42 Å². The van der Waals surface area contributed by atoms with Crippen LogP contribution in [0.3, 0.4) is 0 Å². The van der Waals surface area contributed by atoms with E-state index in [-0.39, 0.29) is 20.9 Å². The number of unbranched alkanes of at least 4 members (excludes halogenated alkanes) is 3. The number of alkyl halides is 6. The molecule has 0 atom stereocenters. The van der Waals surface area contributed by atoms with Gasteiger partial charge in [0.05, 0.1) is 3.79 Å². The second-order valence-corrected chi connectivity index (χ2v) is 16.0. The minimum Gasteiger partial charge on any atom is -0.194 e. The molecule has 0 saturated heterocycles. The molecule has 0 N–H and O–H groups in total. The predicted octanol–water partition coefficient (Wildman–Crippen LogP) is 12.6. The molecule has 0 saturated carbocycles. The molecule has 1 aliphatic carbocycles. The zero-order valence-electron chi connectivity index (χ0n) is 21.8. The van der Waals surface area contributed by atoms with Crippen molar-refractivity contribution in [3.05, 3.63) is 65.9 Å². The number of halogens is 7. The van der Waals surface area contributed by atoms with Crippen molar-refractivity contribution in [2.45, 2.75) is 70.6 Å². The third-order valence-corrected chi connectivity index (χ3v) is 12.3. The molecular formula is C29H25BrF6S4. The molecular weight excluding hydrogens is 670 g/mol. The van der Waals surface area contributed by atoms with Crippen molar-refractivity contribution >= 4 is 72.4 Å². The molecule has 214 valence electrons. The van der Waals surface area contributed by atoms with Gasteiger partial charge in [-0.25, -0.2) is 0 Å². The number of thiophene rings is 4. The van der Waals surface area contributed by atoms with E-state index in [9.17, 15) is 8.78 Å². The molecule has 4 heterocycles. The number of hydrogen-bond donors (Lipinski definition) is 0. The molecule has 0 unspecified atom stereocenters. The Labute approximate surface area is 253 Å². The van der Waals surface area contributed by atoms with Gasteiger partial charge in [0.25, 0.3) is 0 Å². The Kier molecular flexibility index (Phi) is 8.29.